The summed E-state index contributed by atoms with van der Waals surface area (Å²) in [4.78, 5) is 11.5. The van der Waals surface area contributed by atoms with Crippen LogP contribution in [0.5, 0.6) is 5.75 Å². The van der Waals surface area contributed by atoms with Crippen molar-refractivity contribution in [2.75, 3.05) is 24.6 Å². The first-order chi connectivity index (χ1) is 13.8. The maximum atomic E-state index is 9.96. The molecule has 0 bridgehead atoms. The van der Waals surface area contributed by atoms with Crippen molar-refractivity contribution in [1.82, 2.24) is 19.6 Å². The van der Waals surface area contributed by atoms with Crippen molar-refractivity contribution in [1.29, 1.82) is 5.26 Å². The number of pyridine rings is 1. The second-order valence-corrected chi connectivity index (χ2v) is 8.25. The molecule has 3 aromatic rings. The summed E-state index contributed by atoms with van der Waals surface area (Å²) in [6.45, 7) is 7.69. The molecule has 8 nitrogen and oxygen atoms in total. The van der Waals surface area contributed by atoms with Crippen LogP contribution in [0, 0.1) is 17.2 Å². The van der Waals surface area contributed by atoms with Crippen LogP contribution >= 0.6 is 0 Å². The van der Waals surface area contributed by atoms with E-state index in [1.807, 2.05) is 6.07 Å². The summed E-state index contributed by atoms with van der Waals surface area (Å²) in [7, 11) is 0. The Bertz CT molecular complexity index is 1060. The van der Waals surface area contributed by atoms with Gasteiger partial charge in [0.1, 0.15) is 24.2 Å². The lowest BCUT2D eigenvalue weighted by Gasteiger charge is -2.19. The van der Waals surface area contributed by atoms with Gasteiger partial charge in [-0.1, -0.05) is 6.92 Å². The standard InChI is InChI=1S/C21H24N6O2/c1-14-4-5-26(11-14)19-10-23-18(9-24-19)17-6-16(29-13-21(2,3)28)12-27-20(17)15(7-22)8-25-27/h6,8-10,12,14,28H,4-5,11,13H2,1-3H3. The first kappa shape index (κ1) is 19.2. The Balaban J connectivity index is 1.73. The van der Waals surface area contributed by atoms with Gasteiger partial charge >= 0.3 is 0 Å². The second kappa shape index (κ2) is 7.33. The average molecular weight is 392 g/mol. The number of aromatic nitrogens is 4. The van der Waals surface area contributed by atoms with Crippen molar-refractivity contribution in [2.24, 2.45) is 5.92 Å². The van der Waals surface area contributed by atoms with Crippen LogP contribution in [0.3, 0.4) is 0 Å². The Morgan fingerprint density at radius 1 is 1.31 bits per heavy atom. The zero-order chi connectivity index (χ0) is 20.6. The number of nitrogens with zero attached hydrogens (tertiary/aromatic N) is 6. The molecule has 1 fully saturated rings. The molecule has 0 aromatic carbocycles. The third-order valence-electron chi connectivity index (χ3n) is 4.96. The van der Waals surface area contributed by atoms with Gasteiger partial charge in [-0.15, -0.1) is 0 Å². The largest absolute Gasteiger partial charge is 0.489 e. The van der Waals surface area contributed by atoms with Gasteiger partial charge in [0.05, 0.1) is 47.2 Å². The fraction of sp³-hybridized carbons (Fsp3) is 0.429. The van der Waals surface area contributed by atoms with Gasteiger partial charge < -0.3 is 14.7 Å². The number of fused-ring (bicyclic) bond motifs is 1. The van der Waals surface area contributed by atoms with Crippen LogP contribution in [0.1, 0.15) is 32.8 Å². The molecule has 0 spiro atoms. The topological polar surface area (TPSA) is 99.6 Å². The van der Waals surface area contributed by atoms with Gasteiger partial charge in [-0.05, 0) is 32.3 Å². The van der Waals surface area contributed by atoms with Gasteiger partial charge in [-0.3, -0.25) is 4.98 Å². The predicted octanol–water partition coefficient (Wildman–Crippen LogP) is 2.66. The smallest absolute Gasteiger partial charge is 0.147 e. The SMILES string of the molecule is CC1CCN(c2cnc(-c3cc(OCC(C)(C)O)cn4ncc(C#N)c34)cn2)C1. The van der Waals surface area contributed by atoms with E-state index in [9.17, 15) is 10.4 Å². The third-order valence-corrected chi connectivity index (χ3v) is 4.96. The van der Waals surface area contributed by atoms with Crippen molar-refractivity contribution in [3.05, 3.63) is 36.4 Å². The first-order valence-electron chi connectivity index (χ1n) is 9.68. The number of hydrogen-bond acceptors (Lipinski definition) is 7. The van der Waals surface area contributed by atoms with E-state index in [-0.39, 0.29) is 6.61 Å². The van der Waals surface area contributed by atoms with Gasteiger partial charge in [0.15, 0.2) is 0 Å². The molecule has 1 unspecified atom stereocenters. The van der Waals surface area contributed by atoms with Crippen molar-refractivity contribution >= 4 is 11.3 Å². The number of anilines is 1. The lowest BCUT2D eigenvalue weighted by atomic mass is 10.1. The van der Waals surface area contributed by atoms with E-state index in [2.05, 4.69) is 33.0 Å². The van der Waals surface area contributed by atoms with Crippen LogP contribution in [0.15, 0.2) is 30.9 Å². The number of hydrogen-bond donors (Lipinski definition) is 1. The first-order valence-corrected chi connectivity index (χ1v) is 9.68. The lowest BCUT2D eigenvalue weighted by molar-refractivity contribution is 0.0283. The van der Waals surface area contributed by atoms with Crippen molar-refractivity contribution in [3.63, 3.8) is 0 Å². The van der Waals surface area contributed by atoms with E-state index in [1.54, 1.807) is 37.0 Å². The van der Waals surface area contributed by atoms with Gasteiger partial charge in [0.2, 0.25) is 0 Å². The molecule has 4 heterocycles. The maximum Gasteiger partial charge on any atom is 0.147 e. The van der Waals surface area contributed by atoms with Gasteiger partial charge in [-0.2, -0.15) is 10.4 Å². The predicted molar refractivity (Wildman–Crippen MR) is 109 cm³/mol. The summed E-state index contributed by atoms with van der Waals surface area (Å²) in [5, 5.41) is 23.7. The summed E-state index contributed by atoms with van der Waals surface area (Å²) >= 11 is 0. The summed E-state index contributed by atoms with van der Waals surface area (Å²) in [5.41, 5.74) is 1.48. The Morgan fingerprint density at radius 3 is 2.76 bits per heavy atom. The Kier molecular flexibility index (Phi) is 4.84. The monoisotopic (exact) mass is 392 g/mol. The second-order valence-electron chi connectivity index (χ2n) is 8.25. The van der Waals surface area contributed by atoms with Gasteiger partial charge in [-0.25, -0.2) is 9.50 Å². The molecule has 8 heteroatoms. The molecule has 1 N–H and O–H groups in total. The summed E-state index contributed by atoms with van der Waals surface area (Å²) in [6.07, 6.45) is 7.87. The molecule has 1 saturated heterocycles. The van der Waals surface area contributed by atoms with E-state index in [1.165, 1.54) is 6.20 Å². The molecule has 0 radical (unpaired) electrons. The highest BCUT2D eigenvalue weighted by Crippen LogP contribution is 2.30. The highest BCUT2D eigenvalue weighted by Gasteiger charge is 2.21. The van der Waals surface area contributed by atoms with Crippen LogP contribution in [-0.4, -0.2) is 50.0 Å². The molecule has 1 aliphatic rings. The van der Waals surface area contributed by atoms with E-state index in [4.69, 9.17) is 4.74 Å². The van der Waals surface area contributed by atoms with Crippen molar-refractivity contribution in [2.45, 2.75) is 32.8 Å². The molecule has 3 aromatic heterocycles. The summed E-state index contributed by atoms with van der Waals surface area (Å²) in [5.74, 6) is 2.05. The number of rotatable bonds is 5. The lowest BCUT2D eigenvalue weighted by Crippen LogP contribution is -2.27. The highest BCUT2D eigenvalue weighted by atomic mass is 16.5. The summed E-state index contributed by atoms with van der Waals surface area (Å²) < 4.78 is 7.35. The fourth-order valence-electron chi connectivity index (χ4n) is 3.48. The minimum Gasteiger partial charge on any atom is -0.489 e. The minimum absolute atomic E-state index is 0.127. The quantitative estimate of drug-likeness (QED) is 0.712. The number of aliphatic hydroxyl groups is 1. The fourth-order valence-corrected chi connectivity index (χ4v) is 3.48. The molecular formula is C21H24N6O2. The maximum absolute atomic E-state index is 9.96. The van der Waals surface area contributed by atoms with Crippen molar-refractivity contribution in [3.8, 4) is 23.1 Å². The molecule has 0 aliphatic carbocycles. The molecule has 1 atom stereocenters. The van der Waals surface area contributed by atoms with Gasteiger partial charge in [0.25, 0.3) is 0 Å². The Morgan fingerprint density at radius 2 is 2.14 bits per heavy atom. The molecule has 150 valence electrons. The van der Waals surface area contributed by atoms with E-state index in [0.29, 0.717) is 34.0 Å². The number of nitriles is 1. The molecule has 0 amide bonds. The van der Waals surface area contributed by atoms with Crippen LogP contribution in [0.25, 0.3) is 16.8 Å². The van der Waals surface area contributed by atoms with Crippen LogP contribution < -0.4 is 9.64 Å². The number of ether oxygens (including phenoxy) is 1. The third kappa shape index (κ3) is 4.00. The summed E-state index contributed by atoms with van der Waals surface area (Å²) in [6, 6.07) is 3.99. The van der Waals surface area contributed by atoms with E-state index in [0.717, 1.165) is 25.3 Å². The molecule has 0 saturated carbocycles. The molecule has 4 rings (SSSR count). The molecule has 1 aliphatic heterocycles. The Labute approximate surface area is 169 Å². The normalized spacial score (nSPS) is 16.9. The average Bonchev–Trinajstić information content (AvgIpc) is 3.31. The molecular weight excluding hydrogens is 368 g/mol. The van der Waals surface area contributed by atoms with Crippen LogP contribution in [-0.2, 0) is 0 Å². The van der Waals surface area contributed by atoms with Crippen molar-refractivity contribution < 1.29 is 9.84 Å². The van der Waals surface area contributed by atoms with E-state index >= 15 is 0 Å². The Hall–Kier alpha value is -3.18. The van der Waals surface area contributed by atoms with Crippen LogP contribution in [0.2, 0.25) is 0 Å². The van der Waals surface area contributed by atoms with E-state index < -0.39 is 5.60 Å². The van der Waals surface area contributed by atoms with Gasteiger partial charge in [0, 0.05) is 18.7 Å². The van der Waals surface area contributed by atoms with Crippen LogP contribution in [0.4, 0.5) is 5.82 Å². The molecule has 29 heavy (non-hydrogen) atoms. The minimum atomic E-state index is -0.967. The zero-order valence-electron chi connectivity index (χ0n) is 16.8. The zero-order valence-corrected chi connectivity index (χ0v) is 16.8. The highest BCUT2D eigenvalue weighted by molar-refractivity contribution is 5.83.